The summed E-state index contributed by atoms with van der Waals surface area (Å²) in [5, 5.41) is 3.97. The van der Waals surface area contributed by atoms with Crippen LogP contribution in [-0.4, -0.2) is 37.3 Å². The third kappa shape index (κ3) is 4.49. The van der Waals surface area contributed by atoms with Crippen LogP contribution in [0.1, 0.15) is 0 Å². The molecular formula is C25H19FN4O6S. The zero-order valence-electron chi connectivity index (χ0n) is 19.5. The van der Waals surface area contributed by atoms with Gasteiger partial charge in [0.25, 0.3) is 15.6 Å². The first kappa shape index (κ1) is 24.0. The van der Waals surface area contributed by atoms with E-state index >= 15 is 4.39 Å². The number of benzene rings is 2. The summed E-state index contributed by atoms with van der Waals surface area (Å²) in [5.74, 6) is 0.0783. The van der Waals surface area contributed by atoms with Gasteiger partial charge >= 0.3 is 0 Å². The van der Waals surface area contributed by atoms with Crippen molar-refractivity contribution in [3.8, 4) is 28.3 Å². The molecule has 0 atom stereocenters. The van der Waals surface area contributed by atoms with Gasteiger partial charge in [-0.05, 0) is 36.4 Å². The van der Waals surface area contributed by atoms with Crippen LogP contribution in [0.15, 0.2) is 87.5 Å². The first-order chi connectivity index (χ1) is 17.8. The Morgan fingerprint density at radius 2 is 1.84 bits per heavy atom. The molecule has 2 aromatic carbocycles. The van der Waals surface area contributed by atoms with Gasteiger partial charge in [0.2, 0.25) is 0 Å². The van der Waals surface area contributed by atoms with Gasteiger partial charge in [0, 0.05) is 40.9 Å². The molecule has 37 heavy (non-hydrogen) atoms. The van der Waals surface area contributed by atoms with Gasteiger partial charge in [-0.15, -0.1) is 0 Å². The lowest BCUT2D eigenvalue weighted by molar-refractivity contribution is 0.411. The van der Waals surface area contributed by atoms with Crippen molar-refractivity contribution in [3.05, 3.63) is 89.4 Å². The molecule has 0 saturated heterocycles. The summed E-state index contributed by atoms with van der Waals surface area (Å²) in [6.45, 7) is 0. The molecule has 0 aliphatic carbocycles. The Balaban J connectivity index is 1.64. The van der Waals surface area contributed by atoms with Crippen molar-refractivity contribution >= 4 is 26.7 Å². The van der Waals surface area contributed by atoms with Crippen molar-refractivity contribution in [1.29, 1.82) is 0 Å². The van der Waals surface area contributed by atoms with E-state index in [-0.39, 0.29) is 27.7 Å². The quantitative estimate of drug-likeness (QED) is 0.340. The number of ether oxygens (including phenoxy) is 2. The Kier molecular flexibility index (Phi) is 6.09. The maximum atomic E-state index is 15.4. The number of pyridine rings is 2. The Morgan fingerprint density at radius 1 is 1.00 bits per heavy atom. The number of aromatic nitrogens is 3. The molecule has 0 saturated carbocycles. The molecular weight excluding hydrogens is 503 g/mol. The topological polar surface area (TPSA) is 126 Å². The first-order valence-corrected chi connectivity index (χ1v) is 12.3. The van der Waals surface area contributed by atoms with Crippen LogP contribution in [0.25, 0.3) is 27.7 Å². The van der Waals surface area contributed by atoms with E-state index in [0.717, 1.165) is 0 Å². The normalized spacial score (nSPS) is 11.4. The summed E-state index contributed by atoms with van der Waals surface area (Å²) in [5.41, 5.74) is 0.694. The molecule has 188 valence electrons. The highest BCUT2D eigenvalue weighted by molar-refractivity contribution is 7.92. The lowest BCUT2D eigenvalue weighted by Crippen LogP contribution is -2.19. The fourth-order valence-electron chi connectivity index (χ4n) is 3.88. The van der Waals surface area contributed by atoms with Crippen LogP contribution in [0.4, 0.5) is 10.2 Å². The minimum atomic E-state index is -3.98. The highest BCUT2D eigenvalue weighted by Crippen LogP contribution is 2.34. The largest absolute Gasteiger partial charge is 0.495 e. The molecule has 1 N–H and O–H groups in total. The summed E-state index contributed by atoms with van der Waals surface area (Å²) < 4.78 is 59.8. The molecule has 0 bridgehead atoms. The molecule has 12 heteroatoms. The van der Waals surface area contributed by atoms with Crippen LogP contribution in [0.3, 0.4) is 0 Å². The van der Waals surface area contributed by atoms with Gasteiger partial charge in [-0.1, -0.05) is 5.16 Å². The average Bonchev–Trinajstić information content (AvgIpc) is 3.40. The summed E-state index contributed by atoms with van der Waals surface area (Å²) in [4.78, 5) is 17.0. The number of fused-ring (bicyclic) bond motifs is 1. The molecule has 0 amide bonds. The monoisotopic (exact) mass is 522 g/mol. The SMILES string of the molecule is COc1cncc(-c2cc(OC)c(-n3c(=O)ccc4cc(S(=O)(=O)Nc5ccon5)ccc43)cc2F)c1. The Hall–Kier alpha value is -4.71. The third-order valence-corrected chi connectivity index (χ3v) is 6.97. The molecule has 3 aromatic heterocycles. The van der Waals surface area contributed by atoms with Crippen molar-refractivity contribution < 1.29 is 26.8 Å². The summed E-state index contributed by atoms with van der Waals surface area (Å²) >= 11 is 0. The van der Waals surface area contributed by atoms with E-state index < -0.39 is 21.4 Å². The van der Waals surface area contributed by atoms with Gasteiger partial charge in [0.15, 0.2) is 5.82 Å². The third-order valence-electron chi connectivity index (χ3n) is 5.62. The number of nitrogens with zero attached hydrogens (tertiary/aromatic N) is 3. The number of rotatable bonds is 7. The summed E-state index contributed by atoms with van der Waals surface area (Å²) in [6, 6.07) is 12.6. The number of hydrogen-bond donors (Lipinski definition) is 1. The van der Waals surface area contributed by atoms with E-state index in [1.54, 1.807) is 6.07 Å². The maximum absolute atomic E-state index is 15.4. The number of nitrogens with one attached hydrogen (secondary N) is 1. The van der Waals surface area contributed by atoms with E-state index in [1.807, 2.05) is 0 Å². The molecule has 3 heterocycles. The van der Waals surface area contributed by atoms with E-state index in [1.165, 1.54) is 86.0 Å². The number of halogens is 1. The van der Waals surface area contributed by atoms with Gasteiger partial charge in [-0.2, -0.15) is 0 Å². The smallest absolute Gasteiger partial charge is 0.263 e. The van der Waals surface area contributed by atoms with E-state index in [0.29, 0.717) is 22.2 Å². The molecule has 0 aliphatic rings. The molecule has 5 aromatic rings. The average molecular weight is 523 g/mol. The van der Waals surface area contributed by atoms with E-state index in [9.17, 15) is 13.2 Å². The predicted molar refractivity (Wildman–Crippen MR) is 133 cm³/mol. The minimum Gasteiger partial charge on any atom is -0.495 e. The van der Waals surface area contributed by atoms with Crippen LogP contribution in [0, 0.1) is 5.82 Å². The van der Waals surface area contributed by atoms with Crippen molar-refractivity contribution in [2.24, 2.45) is 0 Å². The zero-order chi connectivity index (χ0) is 26.2. The molecule has 0 spiro atoms. The van der Waals surface area contributed by atoms with Crippen LogP contribution >= 0.6 is 0 Å². The van der Waals surface area contributed by atoms with Gasteiger partial charge in [-0.3, -0.25) is 19.1 Å². The van der Waals surface area contributed by atoms with E-state index in [2.05, 4.69) is 19.4 Å². The molecule has 0 fully saturated rings. The molecule has 0 radical (unpaired) electrons. The van der Waals surface area contributed by atoms with Crippen molar-refractivity contribution in [2.45, 2.75) is 4.90 Å². The Bertz CT molecular complexity index is 1790. The molecule has 5 rings (SSSR count). The number of hydrogen-bond acceptors (Lipinski definition) is 8. The minimum absolute atomic E-state index is 0.0246. The second-order valence-corrected chi connectivity index (χ2v) is 9.52. The van der Waals surface area contributed by atoms with Crippen LogP contribution in [-0.2, 0) is 10.0 Å². The van der Waals surface area contributed by atoms with Gasteiger partial charge in [-0.25, -0.2) is 12.8 Å². The number of sulfonamides is 1. The van der Waals surface area contributed by atoms with Crippen LogP contribution in [0.5, 0.6) is 11.5 Å². The maximum Gasteiger partial charge on any atom is 0.263 e. The number of methoxy groups -OCH3 is 2. The van der Waals surface area contributed by atoms with Gasteiger partial charge < -0.3 is 14.0 Å². The summed E-state index contributed by atoms with van der Waals surface area (Å²) in [7, 11) is -1.10. The van der Waals surface area contributed by atoms with Crippen LogP contribution < -0.4 is 19.8 Å². The van der Waals surface area contributed by atoms with Crippen LogP contribution in [0.2, 0.25) is 0 Å². The fraction of sp³-hybridized carbons (Fsp3) is 0.0800. The highest BCUT2D eigenvalue weighted by atomic mass is 32.2. The van der Waals surface area contributed by atoms with Crippen molar-refractivity contribution in [3.63, 3.8) is 0 Å². The standard InChI is InChI=1S/C25H19FN4O6S/c1-34-17-9-16(13-27-14-17)19-11-23(35-2)22(12-20(19)26)30-21-5-4-18(10-15(21)3-6-25(30)31)37(32,33)29-24-7-8-36-28-24/h3-14H,1-2H3,(H,28,29). The Morgan fingerprint density at radius 3 is 2.57 bits per heavy atom. The second-order valence-electron chi connectivity index (χ2n) is 7.84. The number of anilines is 1. The van der Waals surface area contributed by atoms with Gasteiger partial charge in [0.05, 0.1) is 36.5 Å². The molecule has 0 unspecified atom stereocenters. The Labute approximate surface area is 209 Å². The van der Waals surface area contributed by atoms with Crippen molar-refractivity contribution in [2.75, 3.05) is 18.9 Å². The zero-order valence-corrected chi connectivity index (χ0v) is 20.3. The van der Waals surface area contributed by atoms with Gasteiger partial charge in [0.1, 0.15) is 23.6 Å². The van der Waals surface area contributed by atoms with Crippen molar-refractivity contribution in [1.82, 2.24) is 14.7 Å². The molecule has 10 nitrogen and oxygen atoms in total. The fourth-order valence-corrected chi connectivity index (χ4v) is 4.91. The van der Waals surface area contributed by atoms with E-state index in [4.69, 9.17) is 9.47 Å². The summed E-state index contributed by atoms with van der Waals surface area (Å²) in [6.07, 6.45) is 4.22. The lowest BCUT2D eigenvalue weighted by Gasteiger charge is -2.16. The predicted octanol–water partition coefficient (Wildman–Crippen LogP) is 4.00. The second kappa shape index (κ2) is 9.39. The molecule has 0 aliphatic heterocycles. The lowest BCUT2D eigenvalue weighted by atomic mass is 10.0. The first-order valence-electron chi connectivity index (χ1n) is 10.8. The highest BCUT2D eigenvalue weighted by Gasteiger charge is 2.20.